The lowest BCUT2D eigenvalue weighted by Gasteiger charge is -2.16. The summed E-state index contributed by atoms with van der Waals surface area (Å²) in [6.07, 6.45) is 3.78. The van der Waals surface area contributed by atoms with Crippen molar-refractivity contribution in [1.29, 1.82) is 0 Å². The number of aromatic nitrogens is 1. The van der Waals surface area contributed by atoms with Gasteiger partial charge in [-0.15, -0.1) is 0 Å². The fourth-order valence-corrected chi connectivity index (χ4v) is 3.77. The molecule has 0 bridgehead atoms. The van der Waals surface area contributed by atoms with Crippen LogP contribution in [0.5, 0.6) is 0 Å². The summed E-state index contributed by atoms with van der Waals surface area (Å²) in [5.74, 6) is -0.836. The van der Waals surface area contributed by atoms with E-state index in [-0.39, 0.29) is 5.56 Å². The van der Waals surface area contributed by atoms with Gasteiger partial charge in [-0.1, -0.05) is 12.1 Å². The van der Waals surface area contributed by atoms with Crippen molar-refractivity contribution < 1.29 is 9.90 Å². The Labute approximate surface area is 157 Å². The highest BCUT2D eigenvalue weighted by Gasteiger charge is 2.29. The molecule has 0 atom stereocenters. The van der Waals surface area contributed by atoms with Crippen LogP contribution in [0.15, 0.2) is 47.4 Å². The van der Waals surface area contributed by atoms with Crippen LogP contribution in [0.2, 0.25) is 0 Å². The molecule has 1 aromatic carbocycles. The van der Waals surface area contributed by atoms with E-state index in [1.807, 2.05) is 25.1 Å². The van der Waals surface area contributed by atoms with Crippen LogP contribution < -0.4 is 10.9 Å². The van der Waals surface area contributed by atoms with Gasteiger partial charge in [-0.2, -0.15) is 0 Å². The highest BCUT2D eigenvalue weighted by Crippen LogP contribution is 2.43. The molecule has 138 valence electrons. The van der Waals surface area contributed by atoms with Gasteiger partial charge in [0, 0.05) is 18.4 Å². The van der Waals surface area contributed by atoms with Crippen LogP contribution in [0.4, 0.5) is 5.69 Å². The number of aryl methyl sites for hydroxylation is 1. The van der Waals surface area contributed by atoms with E-state index in [1.54, 1.807) is 12.3 Å². The van der Waals surface area contributed by atoms with E-state index in [0.29, 0.717) is 5.92 Å². The van der Waals surface area contributed by atoms with Crippen LogP contribution in [-0.2, 0) is 0 Å². The third kappa shape index (κ3) is 2.99. The van der Waals surface area contributed by atoms with Crippen molar-refractivity contribution >= 4 is 17.2 Å². The topological polar surface area (TPSA) is 70.8 Å². The molecule has 2 aromatic heterocycles. The number of hydrogen-bond donors (Lipinski definition) is 2. The molecule has 1 fully saturated rings. The molecule has 2 heterocycles. The van der Waals surface area contributed by atoms with Gasteiger partial charge in [0.15, 0.2) is 0 Å². The number of pyridine rings is 2. The average molecular weight is 362 g/mol. The summed E-state index contributed by atoms with van der Waals surface area (Å²) in [7, 11) is 0. The van der Waals surface area contributed by atoms with E-state index in [9.17, 15) is 14.7 Å². The molecule has 2 N–H and O–H groups in total. The maximum absolute atomic E-state index is 12.7. The molecule has 27 heavy (non-hydrogen) atoms. The lowest BCUT2D eigenvalue weighted by atomic mass is 9.96. The first kappa shape index (κ1) is 17.3. The minimum Gasteiger partial charge on any atom is -0.477 e. The minimum atomic E-state index is -1.17. The van der Waals surface area contributed by atoms with Crippen molar-refractivity contribution in [3.8, 4) is 11.1 Å². The zero-order chi connectivity index (χ0) is 19.1. The predicted molar refractivity (Wildman–Crippen MR) is 107 cm³/mol. The van der Waals surface area contributed by atoms with Crippen LogP contribution in [-0.4, -0.2) is 22.0 Å². The van der Waals surface area contributed by atoms with Gasteiger partial charge in [-0.05, 0) is 79.1 Å². The maximum Gasteiger partial charge on any atom is 0.341 e. The van der Waals surface area contributed by atoms with Gasteiger partial charge in [0.1, 0.15) is 5.56 Å². The fourth-order valence-electron chi connectivity index (χ4n) is 3.77. The number of carboxylic acid groups (broad SMARTS) is 1. The molecule has 0 unspecified atom stereocenters. The van der Waals surface area contributed by atoms with Crippen LogP contribution in [0.3, 0.4) is 0 Å². The third-order valence-corrected chi connectivity index (χ3v) is 5.21. The molecule has 1 aliphatic rings. The van der Waals surface area contributed by atoms with Crippen LogP contribution in [0, 0.1) is 6.92 Å². The van der Waals surface area contributed by atoms with Crippen molar-refractivity contribution in [2.24, 2.45) is 0 Å². The fraction of sp³-hybridized carbons (Fsp3) is 0.273. The zero-order valence-corrected chi connectivity index (χ0v) is 15.5. The summed E-state index contributed by atoms with van der Waals surface area (Å²) < 4.78 is 1.50. The molecule has 3 aromatic rings. The maximum atomic E-state index is 12.7. The summed E-state index contributed by atoms with van der Waals surface area (Å²) >= 11 is 0. The molecule has 5 nitrogen and oxygen atoms in total. The highest BCUT2D eigenvalue weighted by molar-refractivity contribution is 5.89. The van der Waals surface area contributed by atoms with E-state index in [1.165, 1.54) is 4.40 Å². The Bertz CT molecular complexity index is 1110. The predicted octanol–water partition coefficient (Wildman–Crippen LogP) is 4.28. The van der Waals surface area contributed by atoms with Gasteiger partial charge in [-0.3, -0.25) is 9.20 Å². The van der Waals surface area contributed by atoms with Gasteiger partial charge < -0.3 is 10.4 Å². The molecule has 0 saturated heterocycles. The van der Waals surface area contributed by atoms with Crippen LogP contribution in [0.25, 0.3) is 16.6 Å². The molecule has 5 heteroatoms. The molecular formula is C22H22N2O3. The Kier molecular flexibility index (Phi) is 4.22. The van der Waals surface area contributed by atoms with E-state index in [4.69, 9.17) is 0 Å². The van der Waals surface area contributed by atoms with Gasteiger partial charge in [-0.25, -0.2) is 4.79 Å². The van der Waals surface area contributed by atoms with Gasteiger partial charge in [0.2, 0.25) is 0 Å². The molecule has 0 amide bonds. The van der Waals surface area contributed by atoms with Gasteiger partial charge >= 0.3 is 5.97 Å². The molecule has 0 aliphatic heterocycles. The Morgan fingerprint density at radius 3 is 2.70 bits per heavy atom. The number of nitrogens with zero attached hydrogens (tertiary/aromatic N) is 1. The van der Waals surface area contributed by atoms with E-state index in [2.05, 4.69) is 24.4 Å². The molecule has 1 saturated carbocycles. The van der Waals surface area contributed by atoms with E-state index in [0.717, 1.165) is 52.8 Å². The molecule has 1 aliphatic carbocycles. The second kappa shape index (κ2) is 6.58. The standard InChI is InChI=1S/C22H22N2O3/c1-3-23-16-6-4-5-15(11-16)17-9-10-24-20(13(17)2)18(14-7-8-14)12-19(21(24)25)22(26)27/h4-6,9-12,14,23H,3,7-8H2,1-2H3,(H,26,27). The van der Waals surface area contributed by atoms with Crippen LogP contribution in [0.1, 0.15) is 47.2 Å². The lowest BCUT2D eigenvalue weighted by Crippen LogP contribution is -2.23. The SMILES string of the molecule is CCNc1cccc(-c2ccn3c(=O)c(C(=O)O)cc(C4CC4)c3c2C)c1. The first-order valence-electron chi connectivity index (χ1n) is 9.27. The lowest BCUT2D eigenvalue weighted by molar-refractivity contribution is 0.0694. The molecule has 0 radical (unpaired) electrons. The Hall–Kier alpha value is -3.08. The van der Waals surface area contributed by atoms with Crippen LogP contribution >= 0.6 is 0 Å². The van der Waals surface area contributed by atoms with Gasteiger partial charge in [0.25, 0.3) is 5.56 Å². The number of anilines is 1. The number of rotatable bonds is 5. The van der Waals surface area contributed by atoms with Crippen molar-refractivity contribution in [2.75, 3.05) is 11.9 Å². The summed E-state index contributed by atoms with van der Waals surface area (Å²) in [6.45, 7) is 4.91. The quantitative estimate of drug-likeness (QED) is 0.711. The van der Waals surface area contributed by atoms with Gasteiger partial charge in [0.05, 0.1) is 5.52 Å². The second-order valence-corrected chi connectivity index (χ2v) is 7.08. The minimum absolute atomic E-state index is 0.157. The number of carbonyl (C=O) groups is 1. The summed E-state index contributed by atoms with van der Waals surface area (Å²) in [4.78, 5) is 24.2. The normalized spacial score (nSPS) is 13.7. The number of benzene rings is 1. The van der Waals surface area contributed by atoms with Crippen molar-refractivity contribution in [2.45, 2.75) is 32.6 Å². The Morgan fingerprint density at radius 2 is 2.04 bits per heavy atom. The van der Waals surface area contributed by atoms with E-state index >= 15 is 0 Å². The van der Waals surface area contributed by atoms with Crippen molar-refractivity contribution in [1.82, 2.24) is 4.40 Å². The first-order chi connectivity index (χ1) is 13.0. The Morgan fingerprint density at radius 1 is 1.26 bits per heavy atom. The van der Waals surface area contributed by atoms with Crippen molar-refractivity contribution in [3.05, 3.63) is 69.6 Å². The molecule has 4 rings (SSSR count). The summed E-state index contributed by atoms with van der Waals surface area (Å²) in [5.41, 5.74) is 5.36. The smallest absolute Gasteiger partial charge is 0.341 e. The average Bonchev–Trinajstić information content (AvgIpc) is 3.48. The largest absolute Gasteiger partial charge is 0.477 e. The first-order valence-corrected chi connectivity index (χ1v) is 9.27. The number of fused-ring (bicyclic) bond motifs is 1. The summed E-state index contributed by atoms with van der Waals surface area (Å²) in [6, 6.07) is 11.7. The number of nitrogens with one attached hydrogen (secondary N) is 1. The zero-order valence-electron chi connectivity index (χ0n) is 15.5. The van der Waals surface area contributed by atoms with Crippen molar-refractivity contribution in [3.63, 3.8) is 0 Å². The monoisotopic (exact) mass is 362 g/mol. The number of aromatic carboxylic acids is 1. The third-order valence-electron chi connectivity index (χ3n) is 5.21. The Balaban J connectivity index is 1.98. The number of hydrogen-bond acceptors (Lipinski definition) is 3. The summed E-state index contributed by atoms with van der Waals surface area (Å²) in [5, 5.41) is 12.7. The molecule has 0 spiro atoms. The highest BCUT2D eigenvalue weighted by atomic mass is 16.4. The molecular weight excluding hydrogens is 340 g/mol. The second-order valence-electron chi connectivity index (χ2n) is 7.08. The van der Waals surface area contributed by atoms with E-state index < -0.39 is 11.5 Å². The number of carboxylic acids is 1.